The Kier molecular flexibility index (Phi) is 3.99. The van der Waals surface area contributed by atoms with Crippen molar-refractivity contribution in [1.82, 2.24) is 4.90 Å². The highest BCUT2D eigenvalue weighted by Gasteiger charge is 2.29. The van der Waals surface area contributed by atoms with Gasteiger partial charge in [0.05, 0.1) is 0 Å². The first kappa shape index (κ1) is 13.3. The van der Waals surface area contributed by atoms with Crippen LogP contribution in [0.15, 0.2) is 18.2 Å². The fourth-order valence-electron chi connectivity index (χ4n) is 3.50. The van der Waals surface area contributed by atoms with Crippen molar-refractivity contribution in [3.8, 4) is 0 Å². The summed E-state index contributed by atoms with van der Waals surface area (Å²) in [5, 5.41) is 0. The predicted molar refractivity (Wildman–Crippen MR) is 82.2 cm³/mol. The summed E-state index contributed by atoms with van der Waals surface area (Å²) in [4.78, 5) is 5.22. The first-order valence-electron chi connectivity index (χ1n) is 7.42. The monoisotopic (exact) mass is 278 g/mol. The number of benzene rings is 1. The zero-order valence-electron chi connectivity index (χ0n) is 11.7. The fraction of sp³-hybridized carbons (Fsp3) is 0.625. The van der Waals surface area contributed by atoms with Crippen LogP contribution in [0.25, 0.3) is 0 Å². The Hall–Kier alpha value is -0.730. The standard InChI is InChI=1S/C16H23ClN2/c1-13-5-6-16(14(10-13)11-17)19-9-8-18-7-3-2-4-15(18)12-19/h5-6,10,15H,2-4,7-9,11-12H2,1H3. The molecule has 0 amide bonds. The number of fused-ring (bicyclic) bond motifs is 1. The number of alkyl halides is 1. The normalized spacial score (nSPS) is 24.3. The molecule has 2 nitrogen and oxygen atoms in total. The van der Waals surface area contributed by atoms with Crippen LogP contribution in [-0.4, -0.2) is 37.1 Å². The highest BCUT2D eigenvalue weighted by molar-refractivity contribution is 6.17. The molecule has 104 valence electrons. The minimum Gasteiger partial charge on any atom is -0.368 e. The number of halogens is 1. The van der Waals surface area contributed by atoms with Gasteiger partial charge in [-0.05, 0) is 37.9 Å². The van der Waals surface area contributed by atoms with Gasteiger partial charge in [-0.1, -0.05) is 24.1 Å². The number of aryl methyl sites for hydroxylation is 1. The highest BCUT2D eigenvalue weighted by Crippen LogP contribution is 2.28. The van der Waals surface area contributed by atoms with Crippen molar-refractivity contribution in [2.24, 2.45) is 0 Å². The fourth-order valence-corrected chi connectivity index (χ4v) is 3.72. The van der Waals surface area contributed by atoms with Gasteiger partial charge < -0.3 is 4.90 Å². The molecule has 0 spiro atoms. The van der Waals surface area contributed by atoms with Crippen LogP contribution in [0.3, 0.4) is 0 Å². The molecule has 0 aliphatic carbocycles. The smallest absolute Gasteiger partial charge is 0.0494 e. The Morgan fingerprint density at radius 1 is 1.21 bits per heavy atom. The molecule has 2 aliphatic heterocycles. The first-order chi connectivity index (χ1) is 9.28. The summed E-state index contributed by atoms with van der Waals surface area (Å²) in [7, 11) is 0. The van der Waals surface area contributed by atoms with E-state index in [2.05, 4.69) is 34.9 Å². The quantitative estimate of drug-likeness (QED) is 0.765. The maximum absolute atomic E-state index is 6.12. The largest absolute Gasteiger partial charge is 0.368 e. The Morgan fingerprint density at radius 3 is 2.95 bits per heavy atom. The maximum atomic E-state index is 6.12. The van der Waals surface area contributed by atoms with Crippen LogP contribution in [0.2, 0.25) is 0 Å². The molecule has 2 saturated heterocycles. The third-order valence-electron chi connectivity index (χ3n) is 4.56. The molecular weight excluding hydrogens is 256 g/mol. The van der Waals surface area contributed by atoms with Crippen molar-refractivity contribution in [2.75, 3.05) is 31.1 Å². The number of piperidine rings is 1. The predicted octanol–water partition coefficient (Wildman–Crippen LogP) is 3.41. The summed E-state index contributed by atoms with van der Waals surface area (Å²) < 4.78 is 0. The molecule has 1 unspecified atom stereocenters. The molecule has 1 aromatic rings. The van der Waals surface area contributed by atoms with Gasteiger partial charge in [0.1, 0.15) is 0 Å². The number of rotatable bonds is 2. The van der Waals surface area contributed by atoms with Gasteiger partial charge in [0.15, 0.2) is 0 Å². The van der Waals surface area contributed by atoms with Crippen molar-refractivity contribution in [3.05, 3.63) is 29.3 Å². The van der Waals surface area contributed by atoms with Gasteiger partial charge in [-0.3, -0.25) is 4.90 Å². The third kappa shape index (κ3) is 2.75. The number of nitrogens with zero attached hydrogens (tertiary/aromatic N) is 2. The molecule has 1 atom stereocenters. The molecule has 0 saturated carbocycles. The van der Waals surface area contributed by atoms with Crippen molar-refractivity contribution in [3.63, 3.8) is 0 Å². The number of hydrogen-bond donors (Lipinski definition) is 0. The molecule has 0 N–H and O–H groups in total. The zero-order valence-corrected chi connectivity index (χ0v) is 12.5. The van der Waals surface area contributed by atoms with Gasteiger partial charge in [-0.2, -0.15) is 0 Å². The van der Waals surface area contributed by atoms with Crippen LogP contribution in [0, 0.1) is 6.92 Å². The van der Waals surface area contributed by atoms with E-state index in [-0.39, 0.29) is 0 Å². The number of piperazine rings is 1. The summed E-state index contributed by atoms with van der Waals surface area (Å²) in [6.45, 7) is 6.96. The lowest BCUT2D eigenvalue weighted by molar-refractivity contribution is 0.133. The van der Waals surface area contributed by atoms with Crippen LogP contribution in [0.5, 0.6) is 0 Å². The third-order valence-corrected chi connectivity index (χ3v) is 4.84. The summed E-state index contributed by atoms with van der Waals surface area (Å²) in [6.07, 6.45) is 4.14. The van der Waals surface area contributed by atoms with Crippen LogP contribution in [0.1, 0.15) is 30.4 Å². The zero-order chi connectivity index (χ0) is 13.2. The van der Waals surface area contributed by atoms with E-state index in [1.165, 1.54) is 55.7 Å². The average molecular weight is 279 g/mol. The Balaban J connectivity index is 1.79. The summed E-state index contributed by atoms with van der Waals surface area (Å²) in [5.41, 5.74) is 3.94. The maximum Gasteiger partial charge on any atom is 0.0494 e. The molecule has 3 rings (SSSR count). The highest BCUT2D eigenvalue weighted by atomic mass is 35.5. The van der Waals surface area contributed by atoms with Gasteiger partial charge in [-0.15, -0.1) is 11.6 Å². The minimum atomic E-state index is 0.613. The van der Waals surface area contributed by atoms with Gasteiger partial charge in [0.25, 0.3) is 0 Å². The van der Waals surface area contributed by atoms with E-state index < -0.39 is 0 Å². The van der Waals surface area contributed by atoms with Crippen LogP contribution < -0.4 is 4.90 Å². The molecule has 0 radical (unpaired) electrons. The van der Waals surface area contributed by atoms with Gasteiger partial charge in [0.2, 0.25) is 0 Å². The molecule has 0 aromatic heterocycles. The lowest BCUT2D eigenvalue weighted by Crippen LogP contribution is -2.55. The second kappa shape index (κ2) is 5.72. The molecule has 2 heterocycles. The molecule has 19 heavy (non-hydrogen) atoms. The van der Waals surface area contributed by atoms with E-state index in [9.17, 15) is 0 Å². The van der Waals surface area contributed by atoms with E-state index in [0.717, 1.165) is 12.6 Å². The van der Waals surface area contributed by atoms with Gasteiger partial charge >= 0.3 is 0 Å². The summed E-state index contributed by atoms with van der Waals surface area (Å²) in [6, 6.07) is 7.45. The molecule has 1 aromatic carbocycles. The summed E-state index contributed by atoms with van der Waals surface area (Å²) in [5.74, 6) is 0.613. The lowest BCUT2D eigenvalue weighted by atomic mass is 9.98. The van der Waals surface area contributed by atoms with E-state index in [1.54, 1.807) is 0 Å². The minimum absolute atomic E-state index is 0.613. The Labute approximate surface area is 121 Å². The first-order valence-corrected chi connectivity index (χ1v) is 7.96. The van der Waals surface area contributed by atoms with E-state index in [4.69, 9.17) is 11.6 Å². The Morgan fingerprint density at radius 2 is 2.11 bits per heavy atom. The van der Waals surface area contributed by atoms with E-state index in [0.29, 0.717) is 5.88 Å². The molecule has 2 aliphatic rings. The van der Waals surface area contributed by atoms with Crippen LogP contribution in [0.4, 0.5) is 5.69 Å². The number of hydrogen-bond acceptors (Lipinski definition) is 2. The van der Waals surface area contributed by atoms with Crippen LogP contribution >= 0.6 is 11.6 Å². The molecule has 2 fully saturated rings. The van der Waals surface area contributed by atoms with Gasteiger partial charge in [-0.25, -0.2) is 0 Å². The van der Waals surface area contributed by atoms with Crippen molar-refractivity contribution < 1.29 is 0 Å². The lowest BCUT2D eigenvalue weighted by Gasteiger charge is -2.45. The van der Waals surface area contributed by atoms with Crippen molar-refractivity contribution in [2.45, 2.75) is 38.1 Å². The van der Waals surface area contributed by atoms with Crippen molar-refractivity contribution in [1.29, 1.82) is 0 Å². The molecule has 3 heteroatoms. The van der Waals surface area contributed by atoms with Gasteiger partial charge in [0, 0.05) is 37.2 Å². The molecular formula is C16H23ClN2. The van der Waals surface area contributed by atoms with Crippen molar-refractivity contribution >= 4 is 17.3 Å². The molecule has 0 bridgehead atoms. The second-order valence-corrected chi connectivity index (χ2v) is 6.16. The second-order valence-electron chi connectivity index (χ2n) is 5.90. The van der Waals surface area contributed by atoms with E-state index >= 15 is 0 Å². The Bertz CT molecular complexity index is 446. The summed E-state index contributed by atoms with van der Waals surface area (Å²) >= 11 is 6.12. The average Bonchev–Trinajstić information content (AvgIpc) is 2.46. The van der Waals surface area contributed by atoms with Crippen LogP contribution in [-0.2, 0) is 5.88 Å². The number of anilines is 1. The van der Waals surface area contributed by atoms with E-state index in [1.807, 2.05) is 0 Å². The topological polar surface area (TPSA) is 6.48 Å². The SMILES string of the molecule is Cc1ccc(N2CCN3CCCCC3C2)c(CCl)c1.